The molecule has 0 fully saturated rings. The quantitative estimate of drug-likeness (QED) is 0.571. The molecule has 0 unspecified atom stereocenters. The van der Waals surface area contributed by atoms with Crippen LogP contribution in [-0.2, 0) is 6.54 Å². The van der Waals surface area contributed by atoms with Crippen molar-refractivity contribution in [3.8, 4) is 0 Å². The molecule has 0 saturated carbocycles. The first-order chi connectivity index (χ1) is 9.48. The van der Waals surface area contributed by atoms with E-state index >= 15 is 0 Å². The monoisotopic (exact) mass is 300 g/mol. The van der Waals surface area contributed by atoms with E-state index in [-0.39, 0.29) is 22.7 Å². The Morgan fingerprint density at radius 1 is 1.40 bits per heavy atom. The van der Waals surface area contributed by atoms with E-state index in [2.05, 4.69) is 19.2 Å². The van der Waals surface area contributed by atoms with Gasteiger partial charge in [-0.3, -0.25) is 10.1 Å². The molecule has 0 atom stereocenters. The zero-order valence-corrected chi connectivity index (χ0v) is 12.6. The fraction of sp³-hybridized carbons (Fsp3) is 0.571. The molecule has 6 heteroatoms. The van der Waals surface area contributed by atoms with Crippen LogP contribution in [0.4, 0.5) is 5.69 Å². The lowest BCUT2D eigenvalue weighted by Gasteiger charge is -2.29. The summed E-state index contributed by atoms with van der Waals surface area (Å²) in [7, 11) is 0. The van der Waals surface area contributed by atoms with Gasteiger partial charge in [0.25, 0.3) is 5.69 Å². The van der Waals surface area contributed by atoms with E-state index in [0.717, 1.165) is 18.4 Å². The topological polar surface area (TPSA) is 75.4 Å². The van der Waals surface area contributed by atoms with Gasteiger partial charge in [-0.25, -0.2) is 0 Å². The van der Waals surface area contributed by atoms with Crippen LogP contribution in [0, 0.1) is 15.5 Å². The highest BCUT2D eigenvalue weighted by Crippen LogP contribution is 2.26. The van der Waals surface area contributed by atoms with E-state index in [1.54, 1.807) is 6.07 Å². The molecule has 5 nitrogen and oxygen atoms in total. The number of benzene rings is 1. The maximum Gasteiger partial charge on any atom is 0.288 e. The van der Waals surface area contributed by atoms with Crippen molar-refractivity contribution in [3.05, 3.63) is 38.9 Å². The average Bonchev–Trinajstić information content (AvgIpc) is 2.45. The highest BCUT2D eigenvalue weighted by molar-refractivity contribution is 6.32. The summed E-state index contributed by atoms with van der Waals surface area (Å²) < 4.78 is 0. The molecular weight excluding hydrogens is 280 g/mol. The number of hydrogen-bond acceptors (Lipinski definition) is 4. The minimum atomic E-state index is -0.484. The molecule has 20 heavy (non-hydrogen) atoms. The molecule has 0 bridgehead atoms. The molecular formula is C14H21ClN2O3. The molecule has 0 aromatic heterocycles. The van der Waals surface area contributed by atoms with Crippen LogP contribution in [0.5, 0.6) is 0 Å². The number of halogens is 1. The van der Waals surface area contributed by atoms with E-state index < -0.39 is 4.92 Å². The third-order valence-corrected chi connectivity index (χ3v) is 4.19. The molecule has 0 radical (unpaired) electrons. The van der Waals surface area contributed by atoms with Crippen molar-refractivity contribution in [1.29, 1.82) is 0 Å². The SMILES string of the molecule is CCC(CC)(CO)CNCc1ccc(Cl)c([N+](=O)[O-])c1. The van der Waals surface area contributed by atoms with Crippen molar-refractivity contribution >= 4 is 17.3 Å². The molecule has 0 aliphatic carbocycles. The Morgan fingerprint density at radius 3 is 2.55 bits per heavy atom. The summed E-state index contributed by atoms with van der Waals surface area (Å²) in [6.45, 7) is 5.42. The largest absolute Gasteiger partial charge is 0.396 e. The summed E-state index contributed by atoms with van der Waals surface area (Å²) in [6.07, 6.45) is 1.77. The second-order valence-corrected chi connectivity index (χ2v) is 5.42. The van der Waals surface area contributed by atoms with Crippen molar-refractivity contribution in [2.24, 2.45) is 5.41 Å². The van der Waals surface area contributed by atoms with Crippen LogP contribution in [0.2, 0.25) is 5.02 Å². The predicted octanol–water partition coefficient (Wildman–Crippen LogP) is 3.14. The Labute approximate surface area is 124 Å². The van der Waals surface area contributed by atoms with Gasteiger partial charge in [0.05, 0.1) is 4.92 Å². The van der Waals surface area contributed by atoms with Gasteiger partial charge in [-0.1, -0.05) is 31.5 Å². The van der Waals surface area contributed by atoms with Gasteiger partial charge in [-0.05, 0) is 24.5 Å². The van der Waals surface area contributed by atoms with E-state index in [1.165, 1.54) is 12.1 Å². The van der Waals surface area contributed by atoms with Crippen molar-refractivity contribution in [2.75, 3.05) is 13.2 Å². The Balaban J connectivity index is 2.67. The lowest BCUT2D eigenvalue weighted by Crippen LogP contribution is -2.36. The van der Waals surface area contributed by atoms with Crippen molar-refractivity contribution < 1.29 is 10.0 Å². The van der Waals surface area contributed by atoms with E-state index in [4.69, 9.17) is 11.6 Å². The fourth-order valence-corrected chi connectivity index (χ4v) is 2.25. The molecule has 0 aliphatic heterocycles. The minimum absolute atomic E-state index is 0.0784. The maximum absolute atomic E-state index is 10.8. The van der Waals surface area contributed by atoms with Gasteiger partial charge >= 0.3 is 0 Å². The molecule has 1 rings (SSSR count). The first kappa shape index (κ1) is 16.9. The number of nitro benzene ring substituents is 1. The van der Waals surface area contributed by atoms with Gasteiger partial charge in [0.15, 0.2) is 0 Å². The fourth-order valence-electron chi connectivity index (χ4n) is 2.06. The molecule has 0 amide bonds. The Hall–Kier alpha value is -1.17. The second kappa shape index (κ2) is 7.57. The second-order valence-electron chi connectivity index (χ2n) is 5.01. The number of aliphatic hydroxyl groups is 1. The van der Waals surface area contributed by atoms with Gasteiger partial charge < -0.3 is 10.4 Å². The summed E-state index contributed by atoms with van der Waals surface area (Å²) >= 11 is 5.77. The number of rotatable bonds is 8. The molecule has 1 aromatic carbocycles. The van der Waals surface area contributed by atoms with Crippen molar-refractivity contribution in [2.45, 2.75) is 33.2 Å². The highest BCUT2D eigenvalue weighted by Gasteiger charge is 2.24. The molecule has 2 N–H and O–H groups in total. The van der Waals surface area contributed by atoms with Crippen LogP contribution in [-0.4, -0.2) is 23.2 Å². The van der Waals surface area contributed by atoms with E-state index in [1.807, 2.05) is 0 Å². The van der Waals surface area contributed by atoms with E-state index in [0.29, 0.717) is 13.1 Å². The summed E-state index contributed by atoms with van der Waals surface area (Å²) in [5.41, 5.74) is 0.601. The summed E-state index contributed by atoms with van der Waals surface area (Å²) in [6, 6.07) is 4.78. The third-order valence-electron chi connectivity index (χ3n) is 3.87. The van der Waals surface area contributed by atoms with E-state index in [9.17, 15) is 15.2 Å². The van der Waals surface area contributed by atoms with Crippen molar-refractivity contribution in [1.82, 2.24) is 5.32 Å². The Bertz CT molecular complexity index is 453. The molecule has 0 saturated heterocycles. The highest BCUT2D eigenvalue weighted by atomic mass is 35.5. The van der Waals surface area contributed by atoms with Gasteiger partial charge in [0.1, 0.15) is 5.02 Å². The number of aliphatic hydroxyl groups excluding tert-OH is 1. The van der Waals surface area contributed by atoms with Gasteiger partial charge in [-0.15, -0.1) is 0 Å². The average molecular weight is 301 g/mol. The first-order valence-corrected chi connectivity index (χ1v) is 7.10. The molecule has 0 heterocycles. The lowest BCUT2D eigenvalue weighted by atomic mass is 9.83. The van der Waals surface area contributed by atoms with Gasteiger partial charge in [0, 0.05) is 31.2 Å². The predicted molar refractivity (Wildman–Crippen MR) is 79.9 cm³/mol. The van der Waals surface area contributed by atoms with Crippen LogP contribution in [0.25, 0.3) is 0 Å². The number of nitro groups is 1. The smallest absolute Gasteiger partial charge is 0.288 e. The minimum Gasteiger partial charge on any atom is -0.396 e. The normalized spacial score (nSPS) is 11.6. The third kappa shape index (κ3) is 4.16. The van der Waals surface area contributed by atoms with Gasteiger partial charge in [-0.2, -0.15) is 0 Å². The van der Waals surface area contributed by atoms with Crippen molar-refractivity contribution in [3.63, 3.8) is 0 Å². The summed E-state index contributed by atoms with van der Waals surface area (Å²) in [5, 5.41) is 23.7. The van der Waals surface area contributed by atoms with Crippen LogP contribution in [0.15, 0.2) is 18.2 Å². The van der Waals surface area contributed by atoms with Crippen LogP contribution in [0.1, 0.15) is 32.3 Å². The van der Waals surface area contributed by atoms with Gasteiger partial charge in [0.2, 0.25) is 0 Å². The molecule has 112 valence electrons. The summed E-state index contributed by atoms with van der Waals surface area (Å²) in [4.78, 5) is 10.3. The zero-order chi connectivity index (χ0) is 15.2. The van der Waals surface area contributed by atoms with Crippen LogP contribution < -0.4 is 5.32 Å². The first-order valence-electron chi connectivity index (χ1n) is 6.72. The van der Waals surface area contributed by atoms with Crippen LogP contribution >= 0.6 is 11.6 Å². The van der Waals surface area contributed by atoms with Crippen LogP contribution in [0.3, 0.4) is 0 Å². The Kier molecular flexibility index (Phi) is 6.39. The molecule has 1 aromatic rings. The zero-order valence-electron chi connectivity index (χ0n) is 11.9. The lowest BCUT2D eigenvalue weighted by molar-refractivity contribution is -0.384. The number of hydrogen-bond donors (Lipinski definition) is 2. The summed E-state index contributed by atoms with van der Waals surface area (Å²) in [5.74, 6) is 0. The Morgan fingerprint density at radius 2 is 2.05 bits per heavy atom. The number of nitrogens with one attached hydrogen (secondary N) is 1. The standard InChI is InChI=1S/C14H21ClN2O3/c1-3-14(4-2,10-18)9-16-8-11-5-6-12(15)13(7-11)17(19)20/h5-7,16,18H,3-4,8-10H2,1-2H3. The maximum atomic E-state index is 10.8. The molecule has 0 aliphatic rings. The number of nitrogens with zero attached hydrogens (tertiary/aromatic N) is 1. The molecule has 0 spiro atoms.